The van der Waals surface area contributed by atoms with Crippen molar-refractivity contribution in [2.45, 2.75) is 51.7 Å². The van der Waals surface area contributed by atoms with E-state index in [-0.39, 0.29) is 36.4 Å². The van der Waals surface area contributed by atoms with Crippen molar-refractivity contribution in [1.82, 2.24) is 4.90 Å². The lowest BCUT2D eigenvalue weighted by atomic mass is 9.91. The van der Waals surface area contributed by atoms with Gasteiger partial charge in [0.2, 0.25) is 5.91 Å². The first-order valence-electron chi connectivity index (χ1n) is 9.40. The Hall–Kier alpha value is -1.30. The second-order valence-electron chi connectivity index (χ2n) is 7.36. The Morgan fingerprint density at radius 2 is 1.81 bits per heavy atom. The summed E-state index contributed by atoms with van der Waals surface area (Å²) in [5.74, 6) is 1.27. The average Bonchev–Trinajstić information content (AvgIpc) is 2.65. The fourth-order valence-corrected chi connectivity index (χ4v) is 3.66. The summed E-state index contributed by atoms with van der Waals surface area (Å²) in [6.07, 6.45) is 3.67. The minimum Gasteiger partial charge on any atom is -0.490 e. The Morgan fingerprint density at radius 1 is 1.15 bits per heavy atom. The molecular formula is C20H31ClN2O3. The topological polar surface area (TPSA) is 64.8 Å². The van der Waals surface area contributed by atoms with Crippen molar-refractivity contribution in [3.8, 4) is 5.75 Å². The van der Waals surface area contributed by atoms with E-state index < -0.39 is 0 Å². The minimum absolute atomic E-state index is 0. The number of rotatable bonds is 4. The van der Waals surface area contributed by atoms with Crippen molar-refractivity contribution < 1.29 is 14.3 Å². The summed E-state index contributed by atoms with van der Waals surface area (Å²) < 4.78 is 11.5. The third-order valence-corrected chi connectivity index (χ3v) is 5.59. The Labute approximate surface area is 162 Å². The Balaban J connectivity index is 0.00000243. The zero-order valence-corrected chi connectivity index (χ0v) is 16.6. The first-order chi connectivity index (χ1) is 12.0. The van der Waals surface area contributed by atoms with Gasteiger partial charge in [-0.25, -0.2) is 0 Å². The number of ether oxygens (including phenoxy) is 2. The number of benzene rings is 1. The Bertz CT molecular complexity index is 597. The van der Waals surface area contributed by atoms with Gasteiger partial charge in [-0.1, -0.05) is 6.07 Å². The van der Waals surface area contributed by atoms with Crippen LogP contribution < -0.4 is 10.5 Å². The number of likely N-dealkylation sites (tertiary alicyclic amines) is 1. The molecule has 26 heavy (non-hydrogen) atoms. The quantitative estimate of drug-likeness (QED) is 0.869. The molecule has 0 spiro atoms. The molecule has 146 valence electrons. The molecule has 0 aliphatic carbocycles. The number of nitrogens with zero attached hydrogens (tertiary/aromatic N) is 1. The normalized spacial score (nSPS) is 20.3. The van der Waals surface area contributed by atoms with Gasteiger partial charge in [0, 0.05) is 39.1 Å². The van der Waals surface area contributed by atoms with Crippen LogP contribution in [0.5, 0.6) is 5.75 Å². The van der Waals surface area contributed by atoms with Crippen LogP contribution in [0.15, 0.2) is 18.2 Å². The van der Waals surface area contributed by atoms with Gasteiger partial charge in [0.1, 0.15) is 11.9 Å². The number of hydrogen-bond acceptors (Lipinski definition) is 4. The first kappa shape index (κ1) is 21.0. The molecule has 2 saturated heterocycles. The lowest BCUT2D eigenvalue weighted by Gasteiger charge is -2.36. The maximum Gasteiger partial charge on any atom is 0.239 e. The van der Waals surface area contributed by atoms with Crippen LogP contribution in [-0.2, 0) is 9.53 Å². The maximum atomic E-state index is 12.7. The average molecular weight is 383 g/mol. The van der Waals surface area contributed by atoms with Crippen LogP contribution in [0.2, 0.25) is 0 Å². The van der Waals surface area contributed by atoms with E-state index in [1.165, 1.54) is 11.1 Å². The van der Waals surface area contributed by atoms with Crippen molar-refractivity contribution >= 4 is 18.3 Å². The smallest absolute Gasteiger partial charge is 0.239 e. The molecule has 0 aromatic heterocycles. The van der Waals surface area contributed by atoms with E-state index in [2.05, 4.69) is 26.0 Å². The van der Waals surface area contributed by atoms with E-state index >= 15 is 0 Å². The zero-order chi connectivity index (χ0) is 17.8. The third-order valence-electron chi connectivity index (χ3n) is 5.59. The van der Waals surface area contributed by atoms with Gasteiger partial charge < -0.3 is 20.1 Å². The highest BCUT2D eigenvalue weighted by Crippen LogP contribution is 2.24. The number of carbonyl (C=O) groups is 1. The predicted octanol–water partition coefficient (Wildman–Crippen LogP) is 2.85. The summed E-state index contributed by atoms with van der Waals surface area (Å²) in [5.41, 5.74) is 8.75. The van der Waals surface area contributed by atoms with Crippen molar-refractivity contribution in [2.75, 3.05) is 26.3 Å². The van der Waals surface area contributed by atoms with Crippen LogP contribution in [0.25, 0.3) is 0 Å². The molecule has 1 aromatic carbocycles. The molecule has 2 fully saturated rings. The van der Waals surface area contributed by atoms with Gasteiger partial charge in [-0.05, 0) is 55.9 Å². The standard InChI is InChI=1S/C20H30N2O3.ClH/c1-14-3-4-18(13-15(14)2)25-17-5-9-22(10-6-17)20(23)19(21)16-7-11-24-12-8-16;/h3-4,13,16-17,19H,5-12,21H2,1-2H3;1H. The van der Waals surface area contributed by atoms with E-state index in [9.17, 15) is 4.79 Å². The predicted molar refractivity (Wildman–Crippen MR) is 105 cm³/mol. The SMILES string of the molecule is Cc1ccc(OC2CCN(C(=O)C(N)C3CCOCC3)CC2)cc1C.Cl. The first-order valence-corrected chi connectivity index (χ1v) is 9.40. The molecule has 1 unspecified atom stereocenters. The maximum absolute atomic E-state index is 12.7. The summed E-state index contributed by atoms with van der Waals surface area (Å²) in [7, 11) is 0. The number of nitrogens with two attached hydrogens (primary N) is 1. The molecule has 0 bridgehead atoms. The number of halogens is 1. The zero-order valence-electron chi connectivity index (χ0n) is 15.8. The lowest BCUT2D eigenvalue weighted by Crippen LogP contribution is -2.52. The van der Waals surface area contributed by atoms with Crippen molar-refractivity contribution in [3.05, 3.63) is 29.3 Å². The highest BCUT2D eigenvalue weighted by molar-refractivity contribution is 5.85. The van der Waals surface area contributed by atoms with Gasteiger partial charge in [-0.2, -0.15) is 0 Å². The number of amides is 1. The van der Waals surface area contributed by atoms with Gasteiger partial charge in [0.15, 0.2) is 0 Å². The summed E-state index contributed by atoms with van der Waals surface area (Å²) in [6, 6.07) is 5.83. The molecule has 5 nitrogen and oxygen atoms in total. The summed E-state index contributed by atoms with van der Waals surface area (Å²) >= 11 is 0. The van der Waals surface area contributed by atoms with E-state index in [4.69, 9.17) is 15.2 Å². The molecule has 1 amide bonds. The summed E-state index contributed by atoms with van der Waals surface area (Å²) in [5, 5.41) is 0. The molecule has 2 heterocycles. The summed E-state index contributed by atoms with van der Waals surface area (Å²) in [6.45, 7) is 7.09. The van der Waals surface area contributed by atoms with Crippen molar-refractivity contribution in [2.24, 2.45) is 11.7 Å². The van der Waals surface area contributed by atoms with Gasteiger partial charge in [-0.3, -0.25) is 4.79 Å². The van der Waals surface area contributed by atoms with Gasteiger partial charge in [0.05, 0.1) is 6.04 Å². The molecular weight excluding hydrogens is 352 g/mol. The number of hydrogen-bond donors (Lipinski definition) is 1. The molecule has 2 aliphatic rings. The molecule has 1 atom stereocenters. The Morgan fingerprint density at radius 3 is 2.42 bits per heavy atom. The fourth-order valence-electron chi connectivity index (χ4n) is 3.66. The monoisotopic (exact) mass is 382 g/mol. The molecule has 0 radical (unpaired) electrons. The van der Waals surface area contributed by atoms with E-state index in [0.717, 1.165) is 57.7 Å². The molecule has 6 heteroatoms. The fraction of sp³-hybridized carbons (Fsp3) is 0.650. The van der Waals surface area contributed by atoms with Crippen LogP contribution >= 0.6 is 12.4 Å². The molecule has 0 saturated carbocycles. The highest BCUT2D eigenvalue weighted by atomic mass is 35.5. The van der Waals surface area contributed by atoms with Gasteiger partial charge >= 0.3 is 0 Å². The van der Waals surface area contributed by atoms with Crippen molar-refractivity contribution in [3.63, 3.8) is 0 Å². The lowest BCUT2D eigenvalue weighted by molar-refractivity contribution is -0.136. The Kier molecular flexibility index (Phi) is 7.74. The van der Waals surface area contributed by atoms with Crippen LogP contribution in [0, 0.1) is 19.8 Å². The largest absolute Gasteiger partial charge is 0.490 e. The number of aryl methyl sites for hydroxylation is 2. The second kappa shape index (κ2) is 9.58. The minimum atomic E-state index is -0.388. The van der Waals surface area contributed by atoms with Crippen LogP contribution in [0.3, 0.4) is 0 Å². The molecule has 2 N–H and O–H groups in total. The van der Waals surface area contributed by atoms with Crippen LogP contribution in [0.4, 0.5) is 0 Å². The third kappa shape index (κ3) is 5.12. The molecule has 1 aromatic rings. The van der Waals surface area contributed by atoms with Crippen LogP contribution in [-0.4, -0.2) is 49.3 Å². The highest BCUT2D eigenvalue weighted by Gasteiger charge is 2.32. The number of carbonyl (C=O) groups excluding carboxylic acids is 1. The number of piperidine rings is 1. The van der Waals surface area contributed by atoms with Crippen LogP contribution in [0.1, 0.15) is 36.8 Å². The summed E-state index contributed by atoms with van der Waals surface area (Å²) in [4.78, 5) is 14.6. The molecule has 3 rings (SSSR count). The van der Waals surface area contributed by atoms with E-state index in [1.807, 2.05) is 11.0 Å². The van der Waals surface area contributed by atoms with Gasteiger partial charge in [-0.15, -0.1) is 12.4 Å². The van der Waals surface area contributed by atoms with Gasteiger partial charge in [0.25, 0.3) is 0 Å². The van der Waals surface area contributed by atoms with Crippen molar-refractivity contribution in [1.29, 1.82) is 0 Å². The van der Waals surface area contributed by atoms with E-state index in [1.54, 1.807) is 0 Å². The van der Waals surface area contributed by atoms with E-state index in [0.29, 0.717) is 0 Å². The molecule has 2 aliphatic heterocycles. The second-order valence-corrected chi connectivity index (χ2v) is 7.36.